The molecule has 9 nitrogen and oxygen atoms in total. The Morgan fingerprint density at radius 1 is 1.21 bits per heavy atom. The number of urea groups is 1. The summed E-state index contributed by atoms with van der Waals surface area (Å²) in [4.78, 5) is 39.8. The first-order valence-corrected chi connectivity index (χ1v) is 14.0. The molecular formula is C27H24Cl2N6O3S. The third-order valence-electron chi connectivity index (χ3n) is 6.79. The molecule has 39 heavy (non-hydrogen) atoms. The molecule has 200 valence electrons. The Bertz CT molecular complexity index is 1580. The molecule has 2 aromatic heterocycles. The smallest absolute Gasteiger partial charge is 0.332 e. The lowest BCUT2D eigenvalue weighted by molar-refractivity contribution is 0.103. The van der Waals surface area contributed by atoms with E-state index in [4.69, 9.17) is 27.9 Å². The molecule has 1 fully saturated rings. The normalized spacial score (nSPS) is 17.3. The molecule has 1 atom stereocenters. The average Bonchev–Trinajstić information content (AvgIpc) is 3.29. The van der Waals surface area contributed by atoms with E-state index in [0.717, 1.165) is 18.8 Å². The molecule has 12 heteroatoms. The number of hydrogen-bond acceptors (Lipinski definition) is 7. The highest BCUT2D eigenvalue weighted by Gasteiger charge is 2.34. The SMILES string of the molecule is CN1CCCC(COc2ccc(NC(=O)c3sc4ncnc5c4c3NC(=O)N5c3ccc(Cl)cc3Cl)cc2)C1. The summed E-state index contributed by atoms with van der Waals surface area (Å²) in [6, 6.07) is 11.6. The summed E-state index contributed by atoms with van der Waals surface area (Å²) in [6.07, 6.45) is 3.72. The van der Waals surface area contributed by atoms with Gasteiger partial charge in [-0.25, -0.2) is 19.7 Å². The third kappa shape index (κ3) is 5.12. The van der Waals surface area contributed by atoms with Gasteiger partial charge in [-0.1, -0.05) is 23.2 Å². The van der Waals surface area contributed by atoms with Crippen LogP contribution in [0, 0.1) is 5.92 Å². The van der Waals surface area contributed by atoms with Crippen molar-refractivity contribution in [3.05, 3.63) is 63.7 Å². The van der Waals surface area contributed by atoms with E-state index < -0.39 is 6.03 Å². The quantitative estimate of drug-likeness (QED) is 0.264. The highest BCUT2D eigenvalue weighted by Crippen LogP contribution is 2.46. The highest BCUT2D eigenvalue weighted by molar-refractivity contribution is 7.21. The molecule has 6 rings (SSSR count). The number of nitrogens with zero attached hydrogens (tertiary/aromatic N) is 4. The summed E-state index contributed by atoms with van der Waals surface area (Å²) < 4.78 is 5.99. The Balaban J connectivity index is 1.21. The van der Waals surface area contributed by atoms with Gasteiger partial charge < -0.3 is 20.3 Å². The van der Waals surface area contributed by atoms with Crippen LogP contribution >= 0.6 is 34.5 Å². The second-order valence-electron chi connectivity index (χ2n) is 9.60. The van der Waals surface area contributed by atoms with Crippen LogP contribution in [0.5, 0.6) is 5.75 Å². The molecule has 2 N–H and O–H groups in total. The molecule has 0 bridgehead atoms. The van der Waals surface area contributed by atoms with Gasteiger partial charge in [0.2, 0.25) is 0 Å². The number of carbonyl (C=O) groups excluding carboxylic acids is 2. The Hall–Kier alpha value is -3.44. The standard InChI is InChI=1S/C27H24Cl2N6O3S/c1-34-10-2-3-15(12-34)13-38-18-7-5-17(6-8-18)32-25(36)23-22-21-24(30-14-31-26(21)39-23)35(27(37)33-22)20-9-4-16(28)11-19(20)29/h4-9,11,14-15H,2-3,10,12-13H2,1H3,(H,32,36)(H,33,37). The summed E-state index contributed by atoms with van der Waals surface area (Å²) in [6.45, 7) is 2.85. The molecule has 0 spiro atoms. The molecule has 4 aromatic rings. The van der Waals surface area contributed by atoms with Crippen LogP contribution in [0.4, 0.5) is 27.7 Å². The fraction of sp³-hybridized carbons (Fsp3) is 0.259. The summed E-state index contributed by atoms with van der Waals surface area (Å²) in [7, 11) is 2.14. The van der Waals surface area contributed by atoms with Crippen molar-refractivity contribution < 1.29 is 14.3 Å². The summed E-state index contributed by atoms with van der Waals surface area (Å²) in [5, 5.41) is 7.04. The first-order valence-electron chi connectivity index (χ1n) is 12.4. The number of rotatable bonds is 6. The van der Waals surface area contributed by atoms with Crippen LogP contribution in [-0.4, -0.2) is 53.6 Å². The lowest BCUT2D eigenvalue weighted by atomic mass is 10.00. The van der Waals surface area contributed by atoms with Crippen LogP contribution in [0.15, 0.2) is 48.8 Å². The third-order valence-corrected chi connectivity index (χ3v) is 8.43. The van der Waals surface area contributed by atoms with Crippen molar-refractivity contribution in [3.8, 4) is 5.75 Å². The van der Waals surface area contributed by atoms with Gasteiger partial charge in [0.15, 0.2) is 5.82 Å². The number of piperidine rings is 1. The molecule has 4 heterocycles. The minimum atomic E-state index is -0.496. The van der Waals surface area contributed by atoms with E-state index in [1.807, 2.05) is 12.1 Å². The van der Waals surface area contributed by atoms with Gasteiger partial charge in [-0.3, -0.25) is 4.79 Å². The highest BCUT2D eigenvalue weighted by atomic mass is 35.5. The molecule has 2 aliphatic heterocycles. The number of ether oxygens (including phenoxy) is 1. The molecule has 3 amide bonds. The molecule has 1 saturated heterocycles. The van der Waals surface area contributed by atoms with Crippen LogP contribution in [0.2, 0.25) is 10.0 Å². The zero-order valence-corrected chi connectivity index (χ0v) is 23.2. The van der Waals surface area contributed by atoms with E-state index in [1.165, 1.54) is 35.4 Å². The van der Waals surface area contributed by atoms with Gasteiger partial charge in [0.05, 0.1) is 28.4 Å². The van der Waals surface area contributed by atoms with Crippen LogP contribution < -0.4 is 20.3 Å². The first-order chi connectivity index (χ1) is 18.9. The number of amides is 3. The minimum absolute atomic E-state index is 0.291. The number of halogens is 2. The average molecular weight is 584 g/mol. The van der Waals surface area contributed by atoms with Crippen LogP contribution in [0.1, 0.15) is 22.5 Å². The van der Waals surface area contributed by atoms with Gasteiger partial charge in [0, 0.05) is 23.2 Å². The van der Waals surface area contributed by atoms with Crippen molar-refractivity contribution in [2.24, 2.45) is 5.92 Å². The van der Waals surface area contributed by atoms with Crippen molar-refractivity contribution in [2.45, 2.75) is 12.8 Å². The maximum absolute atomic E-state index is 13.3. The predicted molar refractivity (Wildman–Crippen MR) is 155 cm³/mol. The maximum Gasteiger partial charge on any atom is 0.332 e. The number of likely N-dealkylation sites (tertiary alicyclic amines) is 1. The topological polar surface area (TPSA) is 99.7 Å². The van der Waals surface area contributed by atoms with Crippen molar-refractivity contribution in [1.29, 1.82) is 0 Å². The van der Waals surface area contributed by atoms with Gasteiger partial charge in [0.25, 0.3) is 5.91 Å². The zero-order chi connectivity index (χ0) is 27.1. The Labute approximate surface area is 238 Å². The monoisotopic (exact) mass is 582 g/mol. The predicted octanol–water partition coefficient (Wildman–Crippen LogP) is 6.65. The lowest BCUT2D eigenvalue weighted by Gasteiger charge is -2.29. The van der Waals surface area contributed by atoms with E-state index in [-0.39, 0.29) is 5.91 Å². The fourth-order valence-corrected chi connectivity index (χ4v) is 6.44. The molecule has 0 aliphatic carbocycles. The van der Waals surface area contributed by atoms with Crippen LogP contribution in [0.25, 0.3) is 10.2 Å². The van der Waals surface area contributed by atoms with Gasteiger partial charge >= 0.3 is 6.03 Å². The summed E-state index contributed by atoms with van der Waals surface area (Å²) in [5.74, 6) is 1.24. The molecule has 0 radical (unpaired) electrons. The van der Waals surface area contributed by atoms with Crippen molar-refractivity contribution in [3.63, 3.8) is 0 Å². The summed E-state index contributed by atoms with van der Waals surface area (Å²) >= 11 is 13.6. The number of nitrogens with one attached hydrogen (secondary N) is 2. The van der Waals surface area contributed by atoms with E-state index >= 15 is 0 Å². The molecule has 2 aromatic carbocycles. The van der Waals surface area contributed by atoms with E-state index in [1.54, 1.807) is 30.3 Å². The summed E-state index contributed by atoms with van der Waals surface area (Å²) in [5.41, 5.74) is 1.39. The van der Waals surface area contributed by atoms with Gasteiger partial charge in [-0.05, 0) is 68.9 Å². The molecule has 0 saturated carbocycles. The van der Waals surface area contributed by atoms with E-state index in [9.17, 15) is 9.59 Å². The number of carbonyl (C=O) groups is 2. The second kappa shape index (κ2) is 10.6. The van der Waals surface area contributed by atoms with Crippen molar-refractivity contribution in [1.82, 2.24) is 14.9 Å². The van der Waals surface area contributed by atoms with Crippen LogP contribution in [-0.2, 0) is 0 Å². The van der Waals surface area contributed by atoms with Crippen molar-refractivity contribution >= 4 is 79.6 Å². The van der Waals surface area contributed by atoms with Gasteiger partial charge in [0.1, 0.15) is 21.8 Å². The molecule has 2 aliphatic rings. The molecular weight excluding hydrogens is 559 g/mol. The van der Waals surface area contributed by atoms with Crippen molar-refractivity contribution in [2.75, 3.05) is 42.3 Å². The largest absolute Gasteiger partial charge is 0.493 e. The number of anilines is 4. The lowest BCUT2D eigenvalue weighted by Crippen LogP contribution is -2.35. The van der Waals surface area contributed by atoms with E-state index in [0.29, 0.717) is 60.5 Å². The number of benzene rings is 2. The maximum atomic E-state index is 13.3. The van der Waals surface area contributed by atoms with Crippen LogP contribution in [0.3, 0.4) is 0 Å². The second-order valence-corrected chi connectivity index (χ2v) is 11.4. The number of hydrogen-bond donors (Lipinski definition) is 2. The molecule has 1 unspecified atom stereocenters. The number of aromatic nitrogens is 2. The Morgan fingerprint density at radius 3 is 2.79 bits per heavy atom. The minimum Gasteiger partial charge on any atom is -0.493 e. The first kappa shape index (κ1) is 25.8. The van der Waals surface area contributed by atoms with Gasteiger partial charge in [-0.2, -0.15) is 0 Å². The Morgan fingerprint density at radius 2 is 2.03 bits per heavy atom. The van der Waals surface area contributed by atoms with E-state index in [2.05, 4.69) is 32.5 Å². The zero-order valence-electron chi connectivity index (χ0n) is 20.9. The number of thiophene rings is 1. The fourth-order valence-electron chi connectivity index (χ4n) is 4.96. The van der Waals surface area contributed by atoms with Gasteiger partial charge in [-0.15, -0.1) is 11.3 Å². The Kier molecular flexibility index (Phi) is 7.03.